The lowest BCUT2D eigenvalue weighted by atomic mass is 9.88. The molecule has 1 aliphatic carbocycles. The molecule has 3 nitrogen and oxygen atoms in total. The standard InChI is InChI=1S/C16H17BrFNO2/c1-10-6-11(18)7-12-13(10)19(15(21)14(12)20)9-16(8-17)4-2-3-5-16/h6-7H,2-5,8-9H2,1H3. The highest BCUT2D eigenvalue weighted by Gasteiger charge is 2.43. The number of hydrogen-bond acceptors (Lipinski definition) is 2. The van der Waals surface area contributed by atoms with Crippen molar-refractivity contribution >= 4 is 33.3 Å². The van der Waals surface area contributed by atoms with Crippen molar-refractivity contribution in [1.29, 1.82) is 0 Å². The summed E-state index contributed by atoms with van der Waals surface area (Å²) in [4.78, 5) is 26.0. The monoisotopic (exact) mass is 353 g/mol. The second-order valence-electron chi connectivity index (χ2n) is 6.18. The molecule has 1 saturated carbocycles. The Bertz CT molecular complexity index is 623. The van der Waals surface area contributed by atoms with Crippen molar-refractivity contribution < 1.29 is 14.0 Å². The summed E-state index contributed by atoms with van der Waals surface area (Å²) >= 11 is 3.56. The topological polar surface area (TPSA) is 37.4 Å². The van der Waals surface area contributed by atoms with Crippen molar-refractivity contribution in [3.8, 4) is 0 Å². The molecule has 0 saturated heterocycles. The van der Waals surface area contributed by atoms with E-state index in [2.05, 4.69) is 15.9 Å². The van der Waals surface area contributed by atoms with Crippen molar-refractivity contribution in [3.63, 3.8) is 0 Å². The van der Waals surface area contributed by atoms with Crippen LogP contribution in [0.15, 0.2) is 12.1 Å². The van der Waals surface area contributed by atoms with Gasteiger partial charge in [0.25, 0.3) is 11.7 Å². The summed E-state index contributed by atoms with van der Waals surface area (Å²) in [5.74, 6) is -1.58. The molecule has 2 aliphatic rings. The maximum absolute atomic E-state index is 13.5. The molecule has 1 aliphatic heterocycles. The number of anilines is 1. The van der Waals surface area contributed by atoms with Crippen molar-refractivity contribution in [3.05, 3.63) is 29.1 Å². The normalized spacial score (nSPS) is 20.2. The maximum Gasteiger partial charge on any atom is 0.299 e. The minimum Gasteiger partial charge on any atom is -0.304 e. The average Bonchev–Trinajstić information content (AvgIpc) is 3.00. The molecule has 0 N–H and O–H groups in total. The average molecular weight is 354 g/mol. The van der Waals surface area contributed by atoms with Gasteiger partial charge in [0.15, 0.2) is 0 Å². The van der Waals surface area contributed by atoms with E-state index in [-0.39, 0.29) is 11.0 Å². The molecular weight excluding hydrogens is 337 g/mol. The highest BCUT2D eigenvalue weighted by atomic mass is 79.9. The predicted octanol–water partition coefficient (Wildman–Crippen LogP) is 3.62. The summed E-state index contributed by atoms with van der Waals surface area (Å²) in [6, 6.07) is 2.56. The molecule has 0 bridgehead atoms. The first-order valence-electron chi connectivity index (χ1n) is 7.20. The number of halogens is 2. The highest BCUT2D eigenvalue weighted by molar-refractivity contribution is 9.09. The number of benzene rings is 1. The number of carbonyl (C=O) groups is 2. The second-order valence-corrected chi connectivity index (χ2v) is 6.74. The van der Waals surface area contributed by atoms with E-state index in [1.54, 1.807) is 11.8 Å². The van der Waals surface area contributed by atoms with Crippen LogP contribution in [-0.4, -0.2) is 23.6 Å². The third-order valence-electron chi connectivity index (χ3n) is 4.66. The van der Waals surface area contributed by atoms with E-state index in [9.17, 15) is 14.0 Å². The molecule has 21 heavy (non-hydrogen) atoms. The van der Waals surface area contributed by atoms with Gasteiger partial charge >= 0.3 is 0 Å². The van der Waals surface area contributed by atoms with E-state index < -0.39 is 17.5 Å². The molecule has 0 radical (unpaired) electrons. The number of Topliss-reactive ketones (excluding diaryl/α,β-unsaturated/α-hetero) is 1. The minimum atomic E-state index is -0.588. The molecule has 0 spiro atoms. The number of carbonyl (C=O) groups excluding carboxylic acids is 2. The zero-order valence-corrected chi connectivity index (χ0v) is 13.5. The largest absolute Gasteiger partial charge is 0.304 e. The van der Waals surface area contributed by atoms with Crippen LogP contribution in [-0.2, 0) is 4.79 Å². The predicted molar refractivity (Wildman–Crippen MR) is 82.5 cm³/mol. The summed E-state index contributed by atoms with van der Waals surface area (Å²) in [5, 5.41) is 0.813. The Labute approximate surface area is 131 Å². The lowest BCUT2D eigenvalue weighted by Crippen LogP contribution is -2.40. The molecule has 112 valence electrons. The van der Waals surface area contributed by atoms with Gasteiger partial charge in [-0.25, -0.2) is 4.39 Å². The first kappa shape index (κ1) is 14.7. The van der Waals surface area contributed by atoms with Gasteiger partial charge in [-0.1, -0.05) is 28.8 Å². The van der Waals surface area contributed by atoms with Crippen LogP contribution in [0.5, 0.6) is 0 Å². The van der Waals surface area contributed by atoms with Crippen LogP contribution < -0.4 is 4.90 Å². The molecule has 1 aromatic carbocycles. The SMILES string of the molecule is Cc1cc(F)cc2c1N(CC1(CBr)CCCC1)C(=O)C2=O. The van der Waals surface area contributed by atoms with Gasteiger partial charge in [-0.2, -0.15) is 0 Å². The highest BCUT2D eigenvalue weighted by Crippen LogP contribution is 2.43. The Morgan fingerprint density at radius 2 is 1.95 bits per heavy atom. The van der Waals surface area contributed by atoms with Gasteiger partial charge in [0, 0.05) is 11.9 Å². The second kappa shape index (κ2) is 5.20. The summed E-state index contributed by atoms with van der Waals surface area (Å²) in [7, 11) is 0. The molecule has 0 aromatic heterocycles. The number of rotatable bonds is 3. The Morgan fingerprint density at radius 1 is 1.29 bits per heavy atom. The smallest absolute Gasteiger partial charge is 0.299 e. The summed E-state index contributed by atoms with van der Waals surface area (Å²) in [6.45, 7) is 2.28. The first-order chi connectivity index (χ1) is 9.97. The molecule has 1 amide bonds. The number of amides is 1. The summed E-state index contributed by atoms with van der Waals surface area (Å²) in [6.07, 6.45) is 4.39. The van der Waals surface area contributed by atoms with Crippen LogP contribution in [0.4, 0.5) is 10.1 Å². The van der Waals surface area contributed by atoms with E-state index in [1.165, 1.54) is 12.1 Å². The van der Waals surface area contributed by atoms with Gasteiger partial charge in [-0.3, -0.25) is 9.59 Å². The zero-order chi connectivity index (χ0) is 15.2. The van der Waals surface area contributed by atoms with Crippen LogP contribution in [0.1, 0.15) is 41.6 Å². The molecule has 0 unspecified atom stereocenters. The zero-order valence-electron chi connectivity index (χ0n) is 11.9. The third kappa shape index (κ3) is 2.31. The Kier molecular flexibility index (Phi) is 3.64. The minimum absolute atomic E-state index is 0.0262. The van der Waals surface area contributed by atoms with E-state index in [0.29, 0.717) is 17.8 Å². The Morgan fingerprint density at radius 3 is 2.57 bits per heavy atom. The van der Waals surface area contributed by atoms with Gasteiger partial charge in [-0.05, 0) is 42.9 Å². The third-order valence-corrected chi connectivity index (χ3v) is 5.85. The maximum atomic E-state index is 13.5. The molecule has 1 aromatic rings. The molecular formula is C16H17BrFNO2. The van der Waals surface area contributed by atoms with Crippen molar-refractivity contribution in [2.24, 2.45) is 5.41 Å². The fraction of sp³-hybridized carbons (Fsp3) is 0.500. The van der Waals surface area contributed by atoms with Gasteiger partial charge in [0.2, 0.25) is 0 Å². The fourth-order valence-corrected chi connectivity index (χ4v) is 4.29. The van der Waals surface area contributed by atoms with Gasteiger partial charge in [0.1, 0.15) is 5.82 Å². The lowest BCUT2D eigenvalue weighted by Gasteiger charge is -2.32. The van der Waals surface area contributed by atoms with E-state index in [0.717, 1.165) is 31.0 Å². The molecule has 1 heterocycles. The number of hydrogen-bond donors (Lipinski definition) is 0. The Balaban J connectivity index is 2.01. The van der Waals surface area contributed by atoms with E-state index in [4.69, 9.17) is 0 Å². The lowest BCUT2D eigenvalue weighted by molar-refractivity contribution is -0.114. The van der Waals surface area contributed by atoms with Crippen molar-refractivity contribution in [2.75, 3.05) is 16.8 Å². The molecule has 3 rings (SSSR count). The van der Waals surface area contributed by atoms with Gasteiger partial charge in [-0.15, -0.1) is 0 Å². The van der Waals surface area contributed by atoms with Crippen LogP contribution in [0.25, 0.3) is 0 Å². The summed E-state index contributed by atoms with van der Waals surface area (Å²) in [5.41, 5.74) is 1.48. The molecule has 0 atom stereocenters. The van der Waals surface area contributed by atoms with Gasteiger partial charge in [0.05, 0.1) is 11.3 Å². The number of aryl methyl sites for hydroxylation is 1. The van der Waals surface area contributed by atoms with Gasteiger partial charge < -0.3 is 4.90 Å². The molecule has 1 fully saturated rings. The van der Waals surface area contributed by atoms with Crippen LogP contribution in [0.2, 0.25) is 0 Å². The van der Waals surface area contributed by atoms with E-state index >= 15 is 0 Å². The van der Waals surface area contributed by atoms with Crippen molar-refractivity contribution in [1.82, 2.24) is 0 Å². The fourth-order valence-electron chi connectivity index (χ4n) is 3.55. The summed E-state index contributed by atoms with van der Waals surface area (Å²) < 4.78 is 13.5. The van der Waals surface area contributed by atoms with E-state index in [1.807, 2.05) is 0 Å². The Hall–Kier alpha value is -1.23. The van der Waals surface area contributed by atoms with Crippen LogP contribution in [0.3, 0.4) is 0 Å². The van der Waals surface area contributed by atoms with Crippen LogP contribution in [0, 0.1) is 18.2 Å². The number of nitrogens with zero attached hydrogens (tertiary/aromatic N) is 1. The molecule has 5 heteroatoms. The van der Waals surface area contributed by atoms with Crippen molar-refractivity contribution in [2.45, 2.75) is 32.6 Å². The number of fused-ring (bicyclic) bond motifs is 1. The quantitative estimate of drug-likeness (QED) is 0.614. The first-order valence-corrected chi connectivity index (χ1v) is 8.32. The number of alkyl halides is 1. The number of ketones is 1. The van der Waals surface area contributed by atoms with Crippen LogP contribution >= 0.6 is 15.9 Å².